The normalized spacial score (nSPS) is 10.2. The predicted molar refractivity (Wildman–Crippen MR) is 68.9 cm³/mol. The summed E-state index contributed by atoms with van der Waals surface area (Å²) >= 11 is 0. The van der Waals surface area contributed by atoms with Gasteiger partial charge in [-0.15, -0.1) is 0 Å². The van der Waals surface area contributed by atoms with Crippen molar-refractivity contribution in [1.82, 2.24) is 5.32 Å². The lowest BCUT2D eigenvalue weighted by Crippen LogP contribution is -2.25. The SMILES string of the molecule is CCOCCCCNC(=O)c1ccccc1N. The third-order valence-corrected chi connectivity index (χ3v) is 2.41. The van der Waals surface area contributed by atoms with Crippen molar-refractivity contribution in [3.8, 4) is 0 Å². The smallest absolute Gasteiger partial charge is 0.253 e. The van der Waals surface area contributed by atoms with Gasteiger partial charge in [0.2, 0.25) is 0 Å². The minimum Gasteiger partial charge on any atom is -0.398 e. The summed E-state index contributed by atoms with van der Waals surface area (Å²) in [6.45, 7) is 4.12. The zero-order valence-electron chi connectivity index (χ0n) is 10.2. The molecule has 1 aromatic carbocycles. The molecule has 0 aliphatic rings. The van der Waals surface area contributed by atoms with Crippen LogP contribution < -0.4 is 11.1 Å². The number of carbonyl (C=O) groups excluding carboxylic acids is 1. The topological polar surface area (TPSA) is 64.3 Å². The second-order valence-electron chi connectivity index (χ2n) is 3.75. The van der Waals surface area contributed by atoms with E-state index in [2.05, 4.69) is 5.32 Å². The number of hydrogen-bond acceptors (Lipinski definition) is 3. The van der Waals surface area contributed by atoms with Crippen LogP contribution in [0.5, 0.6) is 0 Å². The van der Waals surface area contributed by atoms with E-state index in [1.165, 1.54) is 0 Å². The van der Waals surface area contributed by atoms with E-state index in [0.717, 1.165) is 26.1 Å². The molecule has 1 amide bonds. The zero-order valence-corrected chi connectivity index (χ0v) is 10.2. The fourth-order valence-electron chi connectivity index (χ4n) is 1.47. The maximum absolute atomic E-state index is 11.7. The van der Waals surface area contributed by atoms with Crippen molar-refractivity contribution >= 4 is 11.6 Å². The van der Waals surface area contributed by atoms with Gasteiger partial charge in [0.1, 0.15) is 0 Å². The van der Waals surface area contributed by atoms with Crippen LogP contribution in [-0.4, -0.2) is 25.7 Å². The van der Waals surface area contributed by atoms with Crippen LogP contribution in [0.4, 0.5) is 5.69 Å². The highest BCUT2D eigenvalue weighted by Crippen LogP contribution is 2.09. The van der Waals surface area contributed by atoms with Crippen LogP contribution >= 0.6 is 0 Å². The second kappa shape index (κ2) is 7.68. The van der Waals surface area contributed by atoms with Gasteiger partial charge in [-0.3, -0.25) is 4.79 Å². The molecule has 0 bridgehead atoms. The first-order valence-corrected chi connectivity index (χ1v) is 5.96. The summed E-state index contributed by atoms with van der Waals surface area (Å²) < 4.78 is 5.21. The molecule has 0 heterocycles. The van der Waals surface area contributed by atoms with Gasteiger partial charge >= 0.3 is 0 Å². The molecule has 4 nitrogen and oxygen atoms in total. The van der Waals surface area contributed by atoms with Crippen LogP contribution in [0.25, 0.3) is 0 Å². The number of rotatable bonds is 7. The summed E-state index contributed by atoms with van der Waals surface area (Å²) in [7, 11) is 0. The number of carbonyl (C=O) groups is 1. The molecule has 0 radical (unpaired) electrons. The van der Waals surface area contributed by atoms with Crippen LogP contribution in [-0.2, 0) is 4.74 Å². The Labute approximate surface area is 102 Å². The lowest BCUT2D eigenvalue weighted by atomic mass is 10.1. The summed E-state index contributed by atoms with van der Waals surface area (Å²) in [6, 6.07) is 7.07. The number of nitrogen functional groups attached to an aromatic ring is 1. The van der Waals surface area contributed by atoms with E-state index in [-0.39, 0.29) is 5.91 Å². The molecule has 1 aromatic rings. The first-order valence-electron chi connectivity index (χ1n) is 5.96. The molecule has 0 unspecified atom stereocenters. The fourth-order valence-corrected chi connectivity index (χ4v) is 1.47. The van der Waals surface area contributed by atoms with Crippen molar-refractivity contribution in [3.63, 3.8) is 0 Å². The molecule has 0 saturated carbocycles. The molecule has 0 aliphatic carbocycles. The van der Waals surface area contributed by atoms with E-state index in [4.69, 9.17) is 10.5 Å². The number of ether oxygens (including phenoxy) is 1. The number of anilines is 1. The van der Waals surface area contributed by atoms with Gasteiger partial charge in [-0.2, -0.15) is 0 Å². The van der Waals surface area contributed by atoms with Crippen LogP contribution in [0.1, 0.15) is 30.1 Å². The van der Waals surface area contributed by atoms with Gasteiger partial charge in [-0.1, -0.05) is 12.1 Å². The minimum absolute atomic E-state index is 0.112. The number of amides is 1. The van der Waals surface area contributed by atoms with Gasteiger partial charge in [0.05, 0.1) is 5.56 Å². The Morgan fingerprint density at radius 1 is 1.35 bits per heavy atom. The third-order valence-electron chi connectivity index (χ3n) is 2.41. The minimum atomic E-state index is -0.112. The molecule has 1 rings (SSSR count). The Morgan fingerprint density at radius 3 is 2.82 bits per heavy atom. The maximum Gasteiger partial charge on any atom is 0.253 e. The molecule has 0 aromatic heterocycles. The van der Waals surface area contributed by atoms with Crippen molar-refractivity contribution in [2.75, 3.05) is 25.5 Å². The maximum atomic E-state index is 11.7. The lowest BCUT2D eigenvalue weighted by molar-refractivity contribution is 0.0950. The van der Waals surface area contributed by atoms with E-state index >= 15 is 0 Å². The quantitative estimate of drug-likeness (QED) is 0.560. The Kier molecular flexibility index (Phi) is 6.10. The van der Waals surface area contributed by atoms with Crippen molar-refractivity contribution in [3.05, 3.63) is 29.8 Å². The standard InChI is InChI=1S/C13H20N2O2/c1-2-17-10-6-5-9-15-13(16)11-7-3-4-8-12(11)14/h3-4,7-8H,2,5-6,9-10,14H2,1H3,(H,15,16). The van der Waals surface area contributed by atoms with Crippen LogP contribution in [0.15, 0.2) is 24.3 Å². The summed E-state index contributed by atoms with van der Waals surface area (Å²) in [5, 5.41) is 2.84. The van der Waals surface area contributed by atoms with Crippen molar-refractivity contribution in [1.29, 1.82) is 0 Å². The molecule has 94 valence electrons. The van der Waals surface area contributed by atoms with E-state index < -0.39 is 0 Å². The number of nitrogens with one attached hydrogen (secondary N) is 1. The molecule has 0 atom stereocenters. The monoisotopic (exact) mass is 236 g/mol. The number of hydrogen-bond donors (Lipinski definition) is 2. The highest BCUT2D eigenvalue weighted by atomic mass is 16.5. The van der Waals surface area contributed by atoms with Crippen LogP contribution in [0, 0.1) is 0 Å². The van der Waals surface area contributed by atoms with E-state index in [1.807, 2.05) is 13.0 Å². The van der Waals surface area contributed by atoms with Crippen molar-refractivity contribution < 1.29 is 9.53 Å². The first kappa shape index (κ1) is 13.5. The number of para-hydroxylation sites is 1. The van der Waals surface area contributed by atoms with Crippen LogP contribution in [0.3, 0.4) is 0 Å². The Hall–Kier alpha value is -1.55. The summed E-state index contributed by atoms with van der Waals surface area (Å²) in [5.41, 5.74) is 6.76. The molecule has 0 fully saturated rings. The number of unbranched alkanes of at least 4 members (excludes halogenated alkanes) is 1. The second-order valence-corrected chi connectivity index (χ2v) is 3.75. The van der Waals surface area contributed by atoms with Crippen molar-refractivity contribution in [2.45, 2.75) is 19.8 Å². The number of nitrogens with two attached hydrogens (primary N) is 1. The Morgan fingerprint density at radius 2 is 2.12 bits per heavy atom. The first-order chi connectivity index (χ1) is 8.25. The average Bonchev–Trinajstić information content (AvgIpc) is 2.34. The van der Waals surface area contributed by atoms with Gasteiger partial charge in [0.15, 0.2) is 0 Å². The molecule has 3 N–H and O–H groups in total. The highest BCUT2D eigenvalue weighted by Gasteiger charge is 2.07. The molecule has 0 aliphatic heterocycles. The third kappa shape index (κ3) is 4.87. The molecular formula is C13H20N2O2. The van der Waals surface area contributed by atoms with Gasteiger partial charge in [-0.05, 0) is 31.9 Å². The van der Waals surface area contributed by atoms with E-state index in [1.54, 1.807) is 18.2 Å². The molecular weight excluding hydrogens is 216 g/mol. The van der Waals surface area contributed by atoms with Gasteiger partial charge < -0.3 is 15.8 Å². The summed E-state index contributed by atoms with van der Waals surface area (Å²) in [6.07, 6.45) is 1.87. The fraction of sp³-hybridized carbons (Fsp3) is 0.462. The number of benzene rings is 1. The lowest BCUT2D eigenvalue weighted by Gasteiger charge is -2.07. The van der Waals surface area contributed by atoms with Gasteiger partial charge in [0, 0.05) is 25.4 Å². The van der Waals surface area contributed by atoms with Gasteiger partial charge in [0.25, 0.3) is 5.91 Å². The highest BCUT2D eigenvalue weighted by molar-refractivity contribution is 5.98. The summed E-state index contributed by atoms with van der Waals surface area (Å²) in [4.78, 5) is 11.7. The van der Waals surface area contributed by atoms with Crippen molar-refractivity contribution in [2.24, 2.45) is 0 Å². The molecule has 0 saturated heterocycles. The van der Waals surface area contributed by atoms with E-state index in [9.17, 15) is 4.79 Å². The zero-order chi connectivity index (χ0) is 12.5. The summed E-state index contributed by atoms with van der Waals surface area (Å²) in [5.74, 6) is -0.112. The molecule has 0 spiro atoms. The van der Waals surface area contributed by atoms with E-state index in [0.29, 0.717) is 17.8 Å². The molecule has 4 heteroatoms. The van der Waals surface area contributed by atoms with Crippen LogP contribution in [0.2, 0.25) is 0 Å². The van der Waals surface area contributed by atoms with Gasteiger partial charge in [-0.25, -0.2) is 0 Å². The largest absolute Gasteiger partial charge is 0.398 e. The Bertz CT molecular complexity index is 353. The molecule has 17 heavy (non-hydrogen) atoms. The Balaban J connectivity index is 2.24. The average molecular weight is 236 g/mol. The predicted octanol–water partition coefficient (Wildman–Crippen LogP) is 1.82.